The van der Waals surface area contributed by atoms with Gasteiger partial charge in [-0.05, 0) is 47.4 Å². The van der Waals surface area contributed by atoms with Crippen molar-refractivity contribution >= 4 is 15.7 Å². The smallest absolute Gasteiger partial charge is 0.222 e. The Labute approximate surface area is 189 Å². The fourth-order valence-electron chi connectivity index (χ4n) is 4.09. The molecule has 0 saturated carbocycles. The first-order chi connectivity index (χ1) is 14.5. The summed E-state index contributed by atoms with van der Waals surface area (Å²) in [5.74, 6) is 0.701. The van der Waals surface area contributed by atoms with E-state index in [0.717, 1.165) is 11.1 Å². The Morgan fingerprint density at radius 2 is 1.45 bits per heavy atom. The molecule has 6 nitrogen and oxygen atoms in total. The molecule has 1 aliphatic rings. The molecule has 1 fully saturated rings. The summed E-state index contributed by atoms with van der Waals surface area (Å²) in [6, 6.07) is 4.17. The highest BCUT2D eigenvalue weighted by atomic mass is 32.2. The molecule has 0 radical (unpaired) electrons. The number of nitrogens with zero attached hydrogens (tertiary/aromatic N) is 2. The first-order valence-electron chi connectivity index (χ1n) is 11.6. The Hall–Kier alpha value is -1.44. The summed E-state index contributed by atoms with van der Waals surface area (Å²) in [4.78, 5) is 16.5. The van der Waals surface area contributed by atoms with Crippen LogP contribution in [0, 0.1) is 0 Å². The van der Waals surface area contributed by atoms with Gasteiger partial charge in [-0.1, -0.05) is 53.7 Å². The van der Waals surface area contributed by atoms with Crippen molar-refractivity contribution in [1.82, 2.24) is 9.80 Å². The number of carbonyl (C=O) groups excluding carboxylic acids is 1. The van der Waals surface area contributed by atoms with Crippen molar-refractivity contribution in [1.29, 1.82) is 0 Å². The van der Waals surface area contributed by atoms with Crippen molar-refractivity contribution < 1.29 is 13.2 Å². The molecule has 1 saturated heterocycles. The van der Waals surface area contributed by atoms with Gasteiger partial charge in [0, 0.05) is 32.6 Å². The predicted molar refractivity (Wildman–Crippen MR) is 127 cm³/mol. The normalized spacial score (nSPS) is 16.0. The average molecular weight is 452 g/mol. The fourth-order valence-corrected chi connectivity index (χ4v) is 6.27. The highest BCUT2D eigenvalue weighted by molar-refractivity contribution is 7.91. The van der Waals surface area contributed by atoms with Crippen LogP contribution in [0.1, 0.15) is 88.8 Å². The molecule has 1 aliphatic heterocycles. The second-order valence-corrected chi connectivity index (χ2v) is 11.5. The number of sulfone groups is 1. The molecule has 2 rings (SSSR count). The van der Waals surface area contributed by atoms with Crippen LogP contribution in [0.4, 0.5) is 0 Å². The van der Waals surface area contributed by atoms with Crippen LogP contribution in [0.15, 0.2) is 17.0 Å². The fraction of sp³-hybridized carbons (Fsp3) is 0.708. The number of hydrogen-bond donors (Lipinski definition) is 1. The lowest BCUT2D eigenvalue weighted by atomic mass is 9.89. The van der Waals surface area contributed by atoms with Crippen molar-refractivity contribution in [3.63, 3.8) is 0 Å². The van der Waals surface area contributed by atoms with Crippen molar-refractivity contribution in [2.45, 2.75) is 77.0 Å². The molecule has 1 aromatic rings. The first kappa shape index (κ1) is 25.8. The van der Waals surface area contributed by atoms with E-state index in [1.165, 1.54) is 5.56 Å². The quantitative estimate of drug-likeness (QED) is 0.619. The van der Waals surface area contributed by atoms with E-state index in [1.807, 2.05) is 9.80 Å². The lowest BCUT2D eigenvalue weighted by Crippen LogP contribution is -2.50. The molecule has 0 bridgehead atoms. The summed E-state index contributed by atoms with van der Waals surface area (Å²) in [6.07, 6.45) is 1.16. The van der Waals surface area contributed by atoms with Crippen LogP contribution >= 0.6 is 0 Å². The molecule has 1 amide bonds. The minimum atomic E-state index is -3.50. The predicted octanol–water partition coefficient (Wildman–Crippen LogP) is 3.67. The number of piperazine rings is 1. The number of carbonyl (C=O) groups is 1. The molecular formula is C24H41N3O3S. The summed E-state index contributed by atoms with van der Waals surface area (Å²) >= 11 is 0. The topological polar surface area (TPSA) is 83.7 Å². The Bertz CT molecular complexity index is 826. The van der Waals surface area contributed by atoms with Gasteiger partial charge in [-0.3, -0.25) is 9.69 Å². The van der Waals surface area contributed by atoms with Gasteiger partial charge in [-0.2, -0.15) is 0 Å². The molecular weight excluding hydrogens is 410 g/mol. The van der Waals surface area contributed by atoms with Gasteiger partial charge in [-0.25, -0.2) is 8.42 Å². The summed E-state index contributed by atoms with van der Waals surface area (Å²) in [7, 11) is -3.50. The van der Waals surface area contributed by atoms with Gasteiger partial charge in [0.15, 0.2) is 9.84 Å². The van der Waals surface area contributed by atoms with Gasteiger partial charge in [0.05, 0.1) is 4.90 Å². The molecule has 0 unspecified atom stereocenters. The van der Waals surface area contributed by atoms with Gasteiger partial charge < -0.3 is 10.6 Å². The van der Waals surface area contributed by atoms with Gasteiger partial charge in [0.2, 0.25) is 5.91 Å². The van der Waals surface area contributed by atoms with E-state index in [4.69, 9.17) is 5.73 Å². The minimum absolute atomic E-state index is 0.00169. The van der Waals surface area contributed by atoms with Crippen LogP contribution in [0.5, 0.6) is 0 Å². The third kappa shape index (κ3) is 6.53. The van der Waals surface area contributed by atoms with E-state index in [9.17, 15) is 13.2 Å². The molecule has 0 aromatic heterocycles. The van der Waals surface area contributed by atoms with Crippen LogP contribution in [0.25, 0.3) is 0 Å². The minimum Gasteiger partial charge on any atom is -0.340 e. The van der Waals surface area contributed by atoms with Crippen LogP contribution < -0.4 is 5.73 Å². The molecule has 0 atom stereocenters. The summed E-state index contributed by atoms with van der Waals surface area (Å²) in [5, 5.41) is 0. The molecule has 7 heteroatoms. The zero-order valence-electron chi connectivity index (χ0n) is 20.1. The van der Waals surface area contributed by atoms with Crippen molar-refractivity contribution in [3.05, 3.63) is 28.8 Å². The van der Waals surface area contributed by atoms with Crippen molar-refractivity contribution in [3.8, 4) is 0 Å². The maximum atomic E-state index is 13.7. The highest BCUT2D eigenvalue weighted by Crippen LogP contribution is 2.36. The lowest BCUT2D eigenvalue weighted by Gasteiger charge is -2.35. The third-order valence-electron chi connectivity index (χ3n) is 6.06. The van der Waals surface area contributed by atoms with E-state index < -0.39 is 9.84 Å². The van der Waals surface area contributed by atoms with E-state index in [2.05, 4.69) is 53.7 Å². The molecule has 0 aliphatic carbocycles. The van der Waals surface area contributed by atoms with Crippen LogP contribution in [0.2, 0.25) is 0 Å². The largest absolute Gasteiger partial charge is 0.340 e. The second kappa shape index (κ2) is 10.9. The number of nitrogens with two attached hydrogens (primary N) is 1. The Morgan fingerprint density at radius 1 is 0.935 bits per heavy atom. The monoisotopic (exact) mass is 451 g/mol. The van der Waals surface area contributed by atoms with Gasteiger partial charge >= 0.3 is 0 Å². The molecule has 176 valence electrons. The molecule has 1 heterocycles. The number of amides is 1. The lowest BCUT2D eigenvalue weighted by molar-refractivity contribution is -0.132. The van der Waals surface area contributed by atoms with Gasteiger partial charge in [-0.15, -0.1) is 0 Å². The first-order valence-corrected chi connectivity index (χ1v) is 13.2. The summed E-state index contributed by atoms with van der Waals surface area (Å²) in [5.41, 5.74) is 8.53. The maximum absolute atomic E-state index is 13.7. The number of rotatable bonds is 9. The molecule has 1 aromatic carbocycles. The Balaban J connectivity index is 2.27. The zero-order valence-corrected chi connectivity index (χ0v) is 21.0. The second-order valence-electron chi connectivity index (χ2n) is 9.63. The standard InChI is InChI=1S/C24H41N3O3S/c1-17(2)20-14-21(18(3)4)24(22(15-20)19(5)6)31(29,30)16-26-10-12-27(13-11-26)23(28)8-7-9-25/h14-15,17-19H,7-13,16,25H2,1-6H3. The molecule has 0 spiro atoms. The number of benzene rings is 1. The SMILES string of the molecule is CC(C)c1cc(C(C)C)c(S(=O)(=O)CN2CCN(C(=O)CCCN)CC2)c(C(C)C)c1. The van der Waals surface area contributed by atoms with E-state index in [-0.39, 0.29) is 23.6 Å². The maximum Gasteiger partial charge on any atom is 0.222 e. The zero-order chi connectivity index (χ0) is 23.3. The van der Waals surface area contributed by atoms with Crippen LogP contribution in [-0.2, 0) is 14.6 Å². The van der Waals surface area contributed by atoms with Crippen LogP contribution in [-0.4, -0.2) is 62.7 Å². The van der Waals surface area contributed by atoms with Crippen molar-refractivity contribution in [2.75, 3.05) is 38.6 Å². The Kier molecular flexibility index (Phi) is 9.10. The third-order valence-corrected chi connectivity index (χ3v) is 7.86. The molecule has 2 N–H and O–H groups in total. The van der Waals surface area contributed by atoms with E-state index in [1.54, 1.807) is 0 Å². The average Bonchev–Trinajstić information content (AvgIpc) is 2.71. The summed E-state index contributed by atoms with van der Waals surface area (Å²) in [6.45, 7) is 15.3. The highest BCUT2D eigenvalue weighted by Gasteiger charge is 2.30. The van der Waals surface area contributed by atoms with Gasteiger partial charge in [0.25, 0.3) is 0 Å². The van der Waals surface area contributed by atoms with Gasteiger partial charge in [0.1, 0.15) is 5.88 Å². The van der Waals surface area contributed by atoms with E-state index in [0.29, 0.717) is 56.4 Å². The van der Waals surface area contributed by atoms with Crippen molar-refractivity contribution in [2.24, 2.45) is 5.73 Å². The van der Waals surface area contributed by atoms with E-state index >= 15 is 0 Å². The van der Waals surface area contributed by atoms with Crippen LogP contribution in [0.3, 0.4) is 0 Å². The Morgan fingerprint density at radius 3 is 1.87 bits per heavy atom. The number of hydrogen-bond acceptors (Lipinski definition) is 5. The summed E-state index contributed by atoms with van der Waals surface area (Å²) < 4.78 is 27.3. The molecule has 31 heavy (non-hydrogen) atoms.